The Morgan fingerprint density at radius 2 is 2.12 bits per heavy atom. The monoisotopic (exact) mass is 340 g/mol. The molecule has 6 heteroatoms. The van der Waals surface area contributed by atoms with Gasteiger partial charge in [-0.3, -0.25) is 14.8 Å². The molecule has 0 spiro atoms. The van der Waals surface area contributed by atoms with Crippen molar-refractivity contribution in [2.24, 2.45) is 0 Å². The maximum atomic E-state index is 12.1. The van der Waals surface area contributed by atoms with Crippen molar-refractivity contribution in [2.45, 2.75) is 38.5 Å². The van der Waals surface area contributed by atoms with Gasteiger partial charge in [0.25, 0.3) is 0 Å². The van der Waals surface area contributed by atoms with E-state index in [1.54, 1.807) is 0 Å². The van der Waals surface area contributed by atoms with Crippen LogP contribution < -0.4 is 5.32 Å². The standard InChI is InChI=1S/C19H24N4O2/c1-13-16(14(2)22-21-13)10-23-9-8-19(15-6-4-3-5-7-15)17(11-23)25-12-18(24)20-19/h3-7,17H,8-12H2,1-2H3,(H,20,24)(H,21,22)/t17-,19+/m1/s1. The van der Waals surface area contributed by atoms with Crippen LogP contribution in [0.1, 0.15) is 28.9 Å². The largest absolute Gasteiger partial charge is 0.364 e. The molecule has 1 aromatic carbocycles. The molecule has 1 amide bonds. The Bertz CT molecular complexity index is 753. The van der Waals surface area contributed by atoms with Crippen molar-refractivity contribution in [3.8, 4) is 0 Å². The second-order valence-corrected chi connectivity index (χ2v) is 7.08. The fraction of sp³-hybridized carbons (Fsp3) is 0.474. The molecule has 2 aromatic rings. The van der Waals surface area contributed by atoms with E-state index in [2.05, 4.69) is 39.5 Å². The molecular weight excluding hydrogens is 316 g/mol. The Balaban J connectivity index is 1.58. The second kappa shape index (κ2) is 6.28. The highest BCUT2D eigenvalue weighted by molar-refractivity contribution is 5.79. The molecule has 132 valence electrons. The van der Waals surface area contributed by atoms with Crippen molar-refractivity contribution in [1.82, 2.24) is 20.4 Å². The lowest BCUT2D eigenvalue weighted by Gasteiger charge is -2.50. The topological polar surface area (TPSA) is 70.2 Å². The first kappa shape index (κ1) is 16.3. The zero-order valence-corrected chi connectivity index (χ0v) is 14.7. The Morgan fingerprint density at radius 3 is 2.84 bits per heavy atom. The van der Waals surface area contributed by atoms with Crippen LogP contribution in [-0.4, -0.2) is 46.8 Å². The van der Waals surface area contributed by atoms with Gasteiger partial charge in [-0.15, -0.1) is 0 Å². The van der Waals surface area contributed by atoms with Gasteiger partial charge in [0.1, 0.15) is 6.61 Å². The Morgan fingerprint density at radius 1 is 1.32 bits per heavy atom. The number of fused-ring (bicyclic) bond motifs is 1. The summed E-state index contributed by atoms with van der Waals surface area (Å²) in [5.41, 5.74) is 4.13. The van der Waals surface area contributed by atoms with Crippen molar-refractivity contribution >= 4 is 5.91 Å². The van der Waals surface area contributed by atoms with Crippen LogP contribution in [0, 0.1) is 13.8 Å². The van der Waals surface area contributed by atoms with E-state index in [0.29, 0.717) is 0 Å². The van der Waals surface area contributed by atoms with Crippen molar-refractivity contribution in [1.29, 1.82) is 0 Å². The van der Waals surface area contributed by atoms with Crippen molar-refractivity contribution in [3.63, 3.8) is 0 Å². The molecule has 6 nitrogen and oxygen atoms in total. The lowest BCUT2D eigenvalue weighted by molar-refractivity contribution is -0.152. The molecule has 2 fully saturated rings. The van der Waals surface area contributed by atoms with Gasteiger partial charge in [0.15, 0.2) is 0 Å². The minimum atomic E-state index is -0.423. The number of likely N-dealkylation sites (tertiary alicyclic amines) is 1. The highest BCUT2D eigenvalue weighted by Gasteiger charge is 2.49. The summed E-state index contributed by atoms with van der Waals surface area (Å²) in [6.07, 6.45) is 0.789. The van der Waals surface area contributed by atoms with E-state index in [9.17, 15) is 4.79 Å². The van der Waals surface area contributed by atoms with Gasteiger partial charge in [-0.1, -0.05) is 30.3 Å². The van der Waals surface area contributed by atoms with Crippen LogP contribution in [0.15, 0.2) is 30.3 Å². The maximum absolute atomic E-state index is 12.1. The summed E-state index contributed by atoms with van der Waals surface area (Å²) in [6.45, 7) is 6.78. The number of morpholine rings is 1. The normalized spacial score (nSPS) is 27.0. The molecule has 2 saturated heterocycles. The van der Waals surface area contributed by atoms with Gasteiger partial charge in [-0.05, 0) is 25.8 Å². The van der Waals surface area contributed by atoms with E-state index < -0.39 is 5.54 Å². The first-order valence-corrected chi connectivity index (χ1v) is 8.79. The molecule has 2 aliphatic heterocycles. The van der Waals surface area contributed by atoms with E-state index in [0.717, 1.165) is 43.0 Å². The molecule has 3 heterocycles. The molecule has 0 aliphatic carbocycles. The predicted octanol–water partition coefficient (Wildman–Crippen LogP) is 1.64. The Hall–Kier alpha value is -2.18. The van der Waals surface area contributed by atoms with E-state index in [1.807, 2.05) is 25.1 Å². The maximum Gasteiger partial charge on any atom is 0.246 e. The smallest absolute Gasteiger partial charge is 0.246 e. The zero-order chi connectivity index (χ0) is 17.4. The van der Waals surface area contributed by atoms with Gasteiger partial charge in [0, 0.05) is 30.9 Å². The number of hydrogen-bond acceptors (Lipinski definition) is 4. The van der Waals surface area contributed by atoms with Crippen LogP contribution in [0.25, 0.3) is 0 Å². The number of H-pyrrole nitrogens is 1. The summed E-state index contributed by atoms with van der Waals surface area (Å²) in [7, 11) is 0. The molecule has 2 N–H and O–H groups in total. The SMILES string of the molecule is Cc1n[nH]c(C)c1CN1CC[C@@]2(c3ccccc3)NC(=O)CO[C@@H]2C1. The molecule has 0 bridgehead atoms. The lowest BCUT2D eigenvalue weighted by atomic mass is 9.77. The van der Waals surface area contributed by atoms with E-state index in [-0.39, 0.29) is 18.6 Å². The van der Waals surface area contributed by atoms with Gasteiger partial charge >= 0.3 is 0 Å². The van der Waals surface area contributed by atoms with Gasteiger partial charge in [-0.2, -0.15) is 5.10 Å². The first-order valence-electron chi connectivity index (χ1n) is 8.79. The molecule has 2 aliphatic rings. The van der Waals surface area contributed by atoms with Crippen molar-refractivity contribution in [2.75, 3.05) is 19.7 Å². The number of amides is 1. The summed E-state index contributed by atoms with van der Waals surface area (Å²) < 4.78 is 5.98. The molecule has 25 heavy (non-hydrogen) atoms. The molecule has 1 aromatic heterocycles. The molecule has 4 rings (SSSR count). The Kier molecular flexibility index (Phi) is 4.09. The number of aromatic amines is 1. The van der Waals surface area contributed by atoms with Crippen LogP contribution >= 0.6 is 0 Å². The number of piperidine rings is 1. The summed E-state index contributed by atoms with van der Waals surface area (Å²) in [4.78, 5) is 14.5. The fourth-order valence-electron chi connectivity index (χ4n) is 4.09. The third kappa shape index (κ3) is 2.85. The quantitative estimate of drug-likeness (QED) is 0.891. The number of aryl methyl sites for hydroxylation is 2. The summed E-state index contributed by atoms with van der Waals surface area (Å²) in [5.74, 6) is -0.0323. The average molecular weight is 340 g/mol. The average Bonchev–Trinajstić information content (AvgIpc) is 2.94. The van der Waals surface area contributed by atoms with Crippen LogP contribution in [-0.2, 0) is 21.6 Å². The van der Waals surface area contributed by atoms with Crippen molar-refractivity contribution < 1.29 is 9.53 Å². The lowest BCUT2D eigenvalue weighted by Crippen LogP contribution is -2.66. The molecule has 0 saturated carbocycles. The van der Waals surface area contributed by atoms with Gasteiger partial charge in [0.05, 0.1) is 17.3 Å². The fourth-order valence-corrected chi connectivity index (χ4v) is 4.09. The number of benzene rings is 1. The highest BCUT2D eigenvalue weighted by atomic mass is 16.5. The van der Waals surface area contributed by atoms with Gasteiger partial charge < -0.3 is 10.1 Å². The third-order valence-corrected chi connectivity index (χ3v) is 5.53. The number of aromatic nitrogens is 2. The summed E-state index contributed by atoms with van der Waals surface area (Å²) in [5, 5.41) is 10.6. The summed E-state index contributed by atoms with van der Waals surface area (Å²) in [6, 6.07) is 10.2. The van der Waals surface area contributed by atoms with E-state index >= 15 is 0 Å². The highest BCUT2D eigenvalue weighted by Crippen LogP contribution is 2.37. The summed E-state index contributed by atoms with van der Waals surface area (Å²) >= 11 is 0. The first-order chi connectivity index (χ1) is 12.1. The van der Waals surface area contributed by atoms with Crippen LogP contribution in [0.5, 0.6) is 0 Å². The number of carbonyl (C=O) groups excluding carboxylic acids is 1. The van der Waals surface area contributed by atoms with Crippen LogP contribution in [0.3, 0.4) is 0 Å². The van der Waals surface area contributed by atoms with E-state index in [1.165, 1.54) is 5.56 Å². The number of hydrogen-bond donors (Lipinski definition) is 2. The number of ether oxygens (including phenoxy) is 1. The molecule has 2 atom stereocenters. The minimum Gasteiger partial charge on any atom is -0.364 e. The number of rotatable bonds is 3. The minimum absolute atomic E-state index is 0.0323. The molecule has 0 radical (unpaired) electrons. The number of carbonyl (C=O) groups is 1. The third-order valence-electron chi connectivity index (χ3n) is 5.53. The number of nitrogens with one attached hydrogen (secondary N) is 2. The van der Waals surface area contributed by atoms with E-state index in [4.69, 9.17) is 4.74 Å². The zero-order valence-electron chi connectivity index (χ0n) is 14.7. The molecule has 0 unspecified atom stereocenters. The van der Waals surface area contributed by atoms with Gasteiger partial charge in [-0.25, -0.2) is 0 Å². The van der Waals surface area contributed by atoms with Gasteiger partial charge in [0.2, 0.25) is 5.91 Å². The predicted molar refractivity (Wildman–Crippen MR) is 94.0 cm³/mol. The number of nitrogens with zero attached hydrogens (tertiary/aromatic N) is 2. The van der Waals surface area contributed by atoms with Crippen LogP contribution in [0.2, 0.25) is 0 Å². The Labute approximate surface area is 147 Å². The second-order valence-electron chi connectivity index (χ2n) is 7.08. The van der Waals surface area contributed by atoms with Crippen molar-refractivity contribution in [3.05, 3.63) is 52.8 Å². The van der Waals surface area contributed by atoms with Crippen LogP contribution in [0.4, 0.5) is 0 Å². The molecular formula is C19H24N4O2.